The summed E-state index contributed by atoms with van der Waals surface area (Å²) in [5.41, 5.74) is 4.25. The molecule has 3 heterocycles. The second kappa shape index (κ2) is 9.86. The van der Waals surface area contributed by atoms with Gasteiger partial charge in [-0.2, -0.15) is 0 Å². The average molecular weight is 502 g/mol. The van der Waals surface area contributed by atoms with E-state index in [0.29, 0.717) is 46.7 Å². The Morgan fingerprint density at radius 3 is 2.60 bits per heavy atom. The lowest BCUT2D eigenvalue weighted by atomic mass is 9.93. The van der Waals surface area contributed by atoms with Gasteiger partial charge in [-0.05, 0) is 70.7 Å². The molecule has 0 aliphatic carbocycles. The lowest BCUT2D eigenvalue weighted by molar-refractivity contribution is -0.0701. The molecule has 0 saturated carbocycles. The van der Waals surface area contributed by atoms with Gasteiger partial charge in [0.15, 0.2) is 11.5 Å². The molecule has 0 radical (unpaired) electrons. The highest BCUT2D eigenvalue weighted by Crippen LogP contribution is 2.51. The SMILES string of the molecule is CCC(CCCC1(C)Oc2c(C)c3c(c(Cl)c2O1)CCN(Cc1c(C)cc(C)[nH]c1=O)C3=O)NC. The molecule has 0 fully saturated rings. The topological polar surface area (TPSA) is 83.7 Å². The first kappa shape index (κ1) is 25.6. The molecular weight excluding hydrogens is 466 g/mol. The summed E-state index contributed by atoms with van der Waals surface area (Å²) in [5, 5.41) is 3.79. The predicted octanol–water partition coefficient (Wildman–Crippen LogP) is 4.81. The fourth-order valence-corrected chi connectivity index (χ4v) is 5.61. The minimum Gasteiger partial charge on any atom is -0.448 e. The molecule has 2 unspecified atom stereocenters. The first-order valence-corrected chi connectivity index (χ1v) is 12.8. The summed E-state index contributed by atoms with van der Waals surface area (Å²) < 4.78 is 12.6. The van der Waals surface area contributed by atoms with Crippen LogP contribution in [0.3, 0.4) is 0 Å². The molecule has 7 nitrogen and oxygen atoms in total. The number of carbonyl (C=O) groups is 1. The van der Waals surface area contributed by atoms with E-state index in [2.05, 4.69) is 17.2 Å². The largest absolute Gasteiger partial charge is 0.448 e. The third kappa shape index (κ3) is 4.81. The van der Waals surface area contributed by atoms with Crippen molar-refractivity contribution >= 4 is 17.5 Å². The van der Waals surface area contributed by atoms with Gasteiger partial charge in [0.25, 0.3) is 11.5 Å². The van der Waals surface area contributed by atoms with Gasteiger partial charge in [0.1, 0.15) is 0 Å². The number of aromatic nitrogens is 1. The molecule has 4 rings (SSSR count). The summed E-state index contributed by atoms with van der Waals surface area (Å²) in [5.74, 6) is 0.140. The van der Waals surface area contributed by atoms with Crippen LogP contribution < -0.4 is 20.3 Å². The highest BCUT2D eigenvalue weighted by Gasteiger charge is 2.42. The van der Waals surface area contributed by atoms with E-state index in [1.54, 1.807) is 4.90 Å². The highest BCUT2D eigenvalue weighted by molar-refractivity contribution is 6.34. The van der Waals surface area contributed by atoms with Crippen LogP contribution in [-0.4, -0.2) is 41.2 Å². The summed E-state index contributed by atoms with van der Waals surface area (Å²) in [7, 11) is 1.98. The van der Waals surface area contributed by atoms with Gasteiger partial charge >= 0.3 is 0 Å². The maximum Gasteiger partial charge on any atom is 0.254 e. The van der Waals surface area contributed by atoms with Crippen LogP contribution in [0.2, 0.25) is 5.02 Å². The van der Waals surface area contributed by atoms with Crippen molar-refractivity contribution < 1.29 is 14.3 Å². The number of hydrogen-bond donors (Lipinski definition) is 2. The normalized spacial score (nSPS) is 19.7. The van der Waals surface area contributed by atoms with E-state index in [0.717, 1.165) is 48.1 Å². The van der Waals surface area contributed by atoms with Crippen LogP contribution in [0.25, 0.3) is 0 Å². The molecule has 2 aromatic rings. The minimum atomic E-state index is -0.818. The maximum absolute atomic E-state index is 13.6. The van der Waals surface area contributed by atoms with Crippen LogP contribution in [0.1, 0.15) is 77.8 Å². The Bertz CT molecular complexity index is 1200. The molecule has 2 atom stereocenters. The minimum absolute atomic E-state index is 0.134. The van der Waals surface area contributed by atoms with E-state index in [1.807, 2.05) is 40.8 Å². The van der Waals surface area contributed by atoms with Gasteiger partial charge in [0.05, 0.1) is 17.1 Å². The smallest absolute Gasteiger partial charge is 0.254 e. The number of carbonyl (C=O) groups excluding carboxylic acids is 1. The second-order valence-electron chi connectivity index (χ2n) is 9.99. The van der Waals surface area contributed by atoms with Gasteiger partial charge in [-0.3, -0.25) is 9.59 Å². The number of benzene rings is 1. The summed E-state index contributed by atoms with van der Waals surface area (Å²) >= 11 is 6.80. The number of aromatic amines is 1. The van der Waals surface area contributed by atoms with Gasteiger partial charge < -0.3 is 24.7 Å². The van der Waals surface area contributed by atoms with E-state index in [-0.39, 0.29) is 18.0 Å². The van der Waals surface area contributed by atoms with Crippen molar-refractivity contribution in [2.75, 3.05) is 13.6 Å². The van der Waals surface area contributed by atoms with Crippen molar-refractivity contribution in [1.29, 1.82) is 0 Å². The van der Waals surface area contributed by atoms with Crippen molar-refractivity contribution in [3.8, 4) is 11.5 Å². The molecule has 190 valence electrons. The number of halogens is 1. The van der Waals surface area contributed by atoms with Crippen LogP contribution >= 0.6 is 11.6 Å². The lowest BCUT2D eigenvalue weighted by Gasteiger charge is -2.31. The van der Waals surface area contributed by atoms with Gasteiger partial charge in [-0.25, -0.2) is 0 Å². The van der Waals surface area contributed by atoms with Crippen LogP contribution in [0.4, 0.5) is 0 Å². The third-order valence-corrected chi connectivity index (χ3v) is 7.78. The van der Waals surface area contributed by atoms with Crippen LogP contribution in [0, 0.1) is 20.8 Å². The fraction of sp³-hybridized carbons (Fsp3) is 0.556. The number of amides is 1. The Hall–Kier alpha value is -2.51. The first-order chi connectivity index (χ1) is 16.6. The summed E-state index contributed by atoms with van der Waals surface area (Å²) in [6.07, 6.45) is 4.35. The Kier molecular flexibility index (Phi) is 7.21. The molecule has 0 saturated heterocycles. The first-order valence-electron chi connectivity index (χ1n) is 12.5. The number of rotatable bonds is 8. The van der Waals surface area contributed by atoms with Crippen LogP contribution in [0.5, 0.6) is 11.5 Å². The second-order valence-corrected chi connectivity index (χ2v) is 10.4. The zero-order valence-corrected chi connectivity index (χ0v) is 22.3. The van der Waals surface area contributed by atoms with E-state index in [4.69, 9.17) is 21.1 Å². The van der Waals surface area contributed by atoms with E-state index < -0.39 is 5.79 Å². The van der Waals surface area contributed by atoms with E-state index in [1.165, 1.54) is 0 Å². The van der Waals surface area contributed by atoms with Gasteiger partial charge in [-0.1, -0.05) is 18.5 Å². The summed E-state index contributed by atoms with van der Waals surface area (Å²) in [6.45, 7) is 10.5. The average Bonchev–Trinajstić information content (AvgIpc) is 3.16. The van der Waals surface area contributed by atoms with Crippen LogP contribution in [-0.2, 0) is 13.0 Å². The number of aryl methyl sites for hydroxylation is 2. The molecule has 1 amide bonds. The molecule has 2 aliphatic rings. The number of H-pyrrole nitrogens is 1. The number of nitrogens with zero attached hydrogens (tertiary/aromatic N) is 1. The van der Waals surface area contributed by atoms with Crippen molar-refractivity contribution in [3.63, 3.8) is 0 Å². The third-order valence-electron chi connectivity index (χ3n) is 7.38. The lowest BCUT2D eigenvalue weighted by Crippen LogP contribution is -2.39. The summed E-state index contributed by atoms with van der Waals surface area (Å²) in [6, 6.07) is 2.40. The molecule has 0 spiro atoms. The standard InChI is InChI=1S/C27H36ClN3O4/c1-7-18(29-6)9-8-11-27(5)34-23-17(4)21-19(22(28)24(23)35-27)10-12-31(26(21)33)14-20-15(2)13-16(3)30-25(20)32/h13,18,29H,7-12,14H2,1-6H3,(H,30,32). The Balaban J connectivity index is 1.58. The predicted molar refractivity (Wildman–Crippen MR) is 138 cm³/mol. The number of ether oxygens (including phenoxy) is 2. The molecule has 0 bridgehead atoms. The quantitative estimate of drug-likeness (QED) is 0.542. The Morgan fingerprint density at radius 2 is 1.94 bits per heavy atom. The Labute approximate surface area is 212 Å². The van der Waals surface area contributed by atoms with Crippen molar-refractivity contribution in [2.45, 2.75) is 85.1 Å². The molecule has 1 aromatic heterocycles. The molecule has 35 heavy (non-hydrogen) atoms. The maximum atomic E-state index is 13.6. The zero-order chi connectivity index (χ0) is 25.5. The van der Waals surface area contributed by atoms with Gasteiger partial charge in [0, 0.05) is 42.8 Å². The number of fused-ring (bicyclic) bond motifs is 2. The number of nitrogens with one attached hydrogen (secondary N) is 2. The fourth-order valence-electron chi connectivity index (χ4n) is 5.30. The summed E-state index contributed by atoms with van der Waals surface area (Å²) in [4.78, 5) is 30.7. The van der Waals surface area contributed by atoms with Gasteiger partial charge in [0.2, 0.25) is 5.79 Å². The van der Waals surface area contributed by atoms with Gasteiger partial charge in [-0.15, -0.1) is 0 Å². The molecule has 8 heteroatoms. The van der Waals surface area contributed by atoms with Crippen molar-refractivity contribution in [3.05, 3.63) is 55.0 Å². The molecule has 1 aromatic carbocycles. The molecular formula is C27H36ClN3O4. The monoisotopic (exact) mass is 501 g/mol. The van der Waals surface area contributed by atoms with Crippen molar-refractivity contribution in [1.82, 2.24) is 15.2 Å². The van der Waals surface area contributed by atoms with Crippen molar-refractivity contribution in [2.24, 2.45) is 0 Å². The zero-order valence-electron chi connectivity index (χ0n) is 21.6. The number of hydrogen-bond acceptors (Lipinski definition) is 5. The molecule has 2 N–H and O–H groups in total. The number of pyridine rings is 1. The molecule has 2 aliphatic heterocycles. The highest BCUT2D eigenvalue weighted by atomic mass is 35.5. The van der Waals surface area contributed by atoms with E-state index in [9.17, 15) is 9.59 Å². The van der Waals surface area contributed by atoms with Crippen LogP contribution in [0.15, 0.2) is 10.9 Å². The Morgan fingerprint density at radius 1 is 1.23 bits per heavy atom. The van der Waals surface area contributed by atoms with E-state index >= 15 is 0 Å².